The molecular weight excluding hydrogens is 266 g/mol. The number of carbonyl (C=O) groups is 1. The van der Waals surface area contributed by atoms with Crippen LogP contribution >= 0.6 is 0 Å². The van der Waals surface area contributed by atoms with E-state index in [1.807, 2.05) is 24.0 Å². The molecule has 0 radical (unpaired) electrons. The lowest BCUT2D eigenvalue weighted by molar-refractivity contribution is -0.130. The van der Waals surface area contributed by atoms with Crippen molar-refractivity contribution in [2.75, 3.05) is 24.1 Å². The van der Waals surface area contributed by atoms with E-state index in [9.17, 15) is 4.79 Å². The first-order valence-electron chi connectivity index (χ1n) is 7.21. The normalized spacial score (nSPS) is 16.1. The number of hydrogen-bond donors (Lipinski definition) is 2. The Bertz CT molecular complexity index is 666. The Kier molecular flexibility index (Phi) is 3.60. The molecule has 1 aromatic heterocycles. The van der Waals surface area contributed by atoms with E-state index in [1.165, 1.54) is 6.33 Å². The number of hydrogen-bond acceptors (Lipinski definition) is 5. The third-order valence-corrected chi connectivity index (χ3v) is 3.80. The fraction of sp³-hybridized carbons (Fsp3) is 0.400. The van der Waals surface area contributed by atoms with Gasteiger partial charge in [-0.25, -0.2) is 9.97 Å². The van der Waals surface area contributed by atoms with E-state index < -0.39 is 0 Å². The van der Waals surface area contributed by atoms with Crippen molar-refractivity contribution in [3.63, 3.8) is 0 Å². The average molecular weight is 285 g/mol. The van der Waals surface area contributed by atoms with Crippen molar-refractivity contribution in [2.45, 2.75) is 25.8 Å². The van der Waals surface area contributed by atoms with Gasteiger partial charge in [-0.05, 0) is 38.0 Å². The number of benzene rings is 1. The highest BCUT2D eigenvalue weighted by Gasteiger charge is 2.23. The van der Waals surface area contributed by atoms with Gasteiger partial charge in [0.15, 0.2) is 0 Å². The monoisotopic (exact) mass is 285 g/mol. The number of nitrogens with zero attached hydrogens (tertiary/aromatic N) is 3. The van der Waals surface area contributed by atoms with Crippen LogP contribution in [-0.2, 0) is 4.79 Å². The minimum atomic E-state index is -0.317. The fourth-order valence-electron chi connectivity index (χ4n) is 2.67. The fourth-order valence-corrected chi connectivity index (χ4v) is 2.67. The SMILES string of the molecule is CC(Nc1ncnc2ccc(N)cc12)C(=O)N1CCCC1. The number of rotatable bonds is 3. The summed E-state index contributed by atoms with van der Waals surface area (Å²) < 4.78 is 0. The molecular formula is C15H19N5O. The lowest BCUT2D eigenvalue weighted by Crippen LogP contribution is -2.39. The maximum atomic E-state index is 12.3. The van der Waals surface area contributed by atoms with Crippen LogP contribution in [0, 0.1) is 0 Å². The van der Waals surface area contributed by atoms with Crippen LogP contribution in [0.4, 0.5) is 11.5 Å². The molecule has 0 aliphatic carbocycles. The van der Waals surface area contributed by atoms with Gasteiger partial charge in [-0.1, -0.05) is 0 Å². The highest BCUT2D eigenvalue weighted by Crippen LogP contribution is 2.22. The van der Waals surface area contributed by atoms with Gasteiger partial charge in [-0.2, -0.15) is 0 Å². The number of aromatic nitrogens is 2. The number of likely N-dealkylation sites (tertiary alicyclic amines) is 1. The summed E-state index contributed by atoms with van der Waals surface area (Å²) in [6.45, 7) is 3.56. The highest BCUT2D eigenvalue weighted by atomic mass is 16.2. The quantitative estimate of drug-likeness (QED) is 0.837. The second-order valence-electron chi connectivity index (χ2n) is 5.40. The zero-order chi connectivity index (χ0) is 14.8. The van der Waals surface area contributed by atoms with Crippen LogP contribution < -0.4 is 11.1 Å². The van der Waals surface area contributed by atoms with Crippen LogP contribution in [0.15, 0.2) is 24.5 Å². The predicted octanol–water partition coefficient (Wildman–Crippen LogP) is 1.63. The van der Waals surface area contributed by atoms with Gasteiger partial charge in [0.2, 0.25) is 5.91 Å². The summed E-state index contributed by atoms with van der Waals surface area (Å²) >= 11 is 0. The first-order valence-corrected chi connectivity index (χ1v) is 7.21. The van der Waals surface area contributed by atoms with Gasteiger partial charge in [-0.3, -0.25) is 4.79 Å². The van der Waals surface area contributed by atoms with Crippen molar-refractivity contribution in [1.29, 1.82) is 0 Å². The summed E-state index contributed by atoms with van der Waals surface area (Å²) in [6.07, 6.45) is 3.67. The Morgan fingerprint density at radius 1 is 1.33 bits per heavy atom. The van der Waals surface area contributed by atoms with E-state index in [2.05, 4.69) is 15.3 Å². The highest BCUT2D eigenvalue weighted by molar-refractivity contribution is 5.93. The number of fused-ring (bicyclic) bond motifs is 1. The number of nitrogen functional groups attached to an aromatic ring is 1. The third-order valence-electron chi connectivity index (χ3n) is 3.80. The van der Waals surface area contributed by atoms with Gasteiger partial charge in [0.1, 0.15) is 18.2 Å². The summed E-state index contributed by atoms with van der Waals surface area (Å²) in [5.74, 6) is 0.760. The first kappa shape index (κ1) is 13.6. The molecule has 6 heteroatoms. The molecule has 2 heterocycles. The first-order chi connectivity index (χ1) is 10.1. The maximum Gasteiger partial charge on any atom is 0.244 e. The van der Waals surface area contributed by atoms with Gasteiger partial charge >= 0.3 is 0 Å². The zero-order valence-electron chi connectivity index (χ0n) is 12.0. The molecule has 0 bridgehead atoms. The molecule has 3 N–H and O–H groups in total. The van der Waals surface area contributed by atoms with Crippen LogP contribution in [0.25, 0.3) is 10.9 Å². The molecule has 1 atom stereocenters. The van der Waals surface area contributed by atoms with E-state index in [0.717, 1.165) is 36.8 Å². The largest absolute Gasteiger partial charge is 0.399 e. The van der Waals surface area contributed by atoms with Crippen LogP contribution in [0.3, 0.4) is 0 Å². The van der Waals surface area contributed by atoms with Gasteiger partial charge in [0.05, 0.1) is 5.52 Å². The Morgan fingerprint density at radius 2 is 2.10 bits per heavy atom. The maximum absolute atomic E-state index is 12.3. The second-order valence-corrected chi connectivity index (χ2v) is 5.40. The molecule has 1 aromatic carbocycles. The molecule has 6 nitrogen and oxygen atoms in total. The van der Waals surface area contributed by atoms with E-state index in [4.69, 9.17) is 5.73 Å². The van der Waals surface area contributed by atoms with Crippen molar-refractivity contribution in [1.82, 2.24) is 14.9 Å². The van der Waals surface area contributed by atoms with Crippen molar-refractivity contribution in [3.05, 3.63) is 24.5 Å². The molecule has 21 heavy (non-hydrogen) atoms. The number of carbonyl (C=O) groups excluding carboxylic acids is 1. The van der Waals surface area contributed by atoms with E-state index in [0.29, 0.717) is 11.5 Å². The molecule has 0 spiro atoms. The van der Waals surface area contributed by atoms with Gasteiger partial charge in [0.25, 0.3) is 0 Å². The molecule has 1 aliphatic rings. The Labute approximate surface area is 123 Å². The van der Waals surface area contributed by atoms with Gasteiger partial charge < -0.3 is 16.0 Å². The van der Waals surface area contributed by atoms with Gasteiger partial charge in [-0.15, -0.1) is 0 Å². The van der Waals surface area contributed by atoms with Crippen LogP contribution in [0.1, 0.15) is 19.8 Å². The van der Waals surface area contributed by atoms with Gasteiger partial charge in [0, 0.05) is 24.2 Å². The lowest BCUT2D eigenvalue weighted by Gasteiger charge is -2.21. The summed E-state index contributed by atoms with van der Waals surface area (Å²) in [5, 5.41) is 4.02. The molecule has 1 unspecified atom stereocenters. The number of amides is 1. The zero-order valence-corrected chi connectivity index (χ0v) is 12.0. The number of anilines is 2. The Morgan fingerprint density at radius 3 is 2.86 bits per heavy atom. The summed E-state index contributed by atoms with van der Waals surface area (Å²) in [6, 6.07) is 5.16. The van der Waals surface area contributed by atoms with Crippen molar-refractivity contribution < 1.29 is 4.79 Å². The summed E-state index contributed by atoms with van der Waals surface area (Å²) in [7, 11) is 0. The topological polar surface area (TPSA) is 84.1 Å². The minimum absolute atomic E-state index is 0.114. The van der Waals surface area contributed by atoms with Crippen molar-refractivity contribution in [2.24, 2.45) is 0 Å². The average Bonchev–Trinajstić information content (AvgIpc) is 3.01. The third kappa shape index (κ3) is 2.74. The molecule has 2 aromatic rings. The molecule has 0 saturated carbocycles. The molecule has 3 rings (SSSR count). The van der Waals surface area contributed by atoms with E-state index in [-0.39, 0.29) is 11.9 Å². The van der Waals surface area contributed by atoms with E-state index in [1.54, 1.807) is 6.07 Å². The Balaban J connectivity index is 1.83. The van der Waals surface area contributed by atoms with Crippen LogP contribution in [-0.4, -0.2) is 39.9 Å². The molecule has 1 amide bonds. The number of nitrogens with one attached hydrogen (secondary N) is 1. The van der Waals surface area contributed by atoms with E-state index >= 15 is 0 Å². The summed E-state index contributed by atoms with van der Waals surface area (Å²) in [5.41, 5.74) is 7.28. The molecule has 1 fully saturated rings. The van der Waals surface area contributed by atoms with Crippen LogP contribution in [0.2, 0.25) is 0 Å². The second kappa shape index (κ2) is 5.55. The Hall–Kier alpha value is -2.37. The molecule has 1 aliphatic heterocycles. The van der Waals surface area contributed by atoms with Crippen molar-refractivity contribution >= 4 is 28.3 Å². The summed E-state index contributed by atoms with van der Waals surface area (Å²) in [4.78, 5) is 22.7. The molecule has 110 valence electrons. The minimum Gasteiger partial charge on any atom is -0.399 e. The van der Waals surface area contributed by atoms with Crippen molar-refractivity contribution in [3.8, 4) is 0 Å². The predicted molar refractivity (Wildman–Crippen MR) is 82.8 cm³/mol. The smallest absolute Gasteiger partial charge is 0.244 e. The molecule has 1 saturated heterocycles. The van der Waals surface area contributed by atoms with Crippen LogP contribution in [0.5, 0.6) is 0 Å². The lowest BCUT2D eigenvalue weighted by atomic mass is 10.2. The standard InChI is InChI=1S/C15H19N5O/c1-10(15(21)20-6-2-3-7-20)19-14-12-8-11(16)4-5-13(12)17-9-18-14/h4-5,8-10H,2-3,6-7,16H2,1H3,(H,17,18,19). The number of nitrogens with two attached hydrogens (primary N) is 1.